The Morgan fingerprint density at radius 3 is 2.64 bits per heavy atom. The number of hydrogen-bond acceptors (Lipinski definition) is 8. The summed E-state index contributed by atoms with van der Waals surface area (Å²) in [4.78, 5) is 11.2. The monoisotopic (exact) mass is 226 g/mol. The van der Waals surface area contributed by atoms with E-state index in [9.17, 15) is 14.5 Å². The van der Waals surface area contributed by atoms with Gasteiger partial charge in [0.15, 0.2) is 0 Å². The molecule has 14 heavy (non-hydrogen) atoms. The van der Waals surface area contributed by atoms with Crippen molar-refractivity contribution in [3.8, 4) is 0 Å². The second kappa shape index (κ2) is 2.83. The zero-order valence-corrected chi connectivity index (χ0v) is 7.59. The number of fused-ring (bicyclic) bond motifs is 2. The van der Waals surface area contributed by atoms with Crippen molar-refractivity contribution in [1.82, 2.24) is 0 Å². The lowest BCUT2D eigenvalue weighted by atomic mass is 10.1. The molecular weight excluding hydrogens is 219 g/mol. The largest absolute Gasteiger partial charge is 0.483 e. The van der Waals surface area contributed by atoms with Crippen LogP contribution in [-0.4, -0.2) is 45.9 Å². The Bertz CT molecular complexity index is 318. The molecule has 0 aromatic heterocycles. The summed E-state index contributed by atoms with van der Waals surface area (Å²) in [6, 6.07) is 0. The first-order chi connectivity index (χ1) is 6.41. The van der Waals surface area contributed by atoms with Gasteiger partial charge in [-0.15, -0.1) is 0 Å². The van der Waals surface area contributed by atoms with Crippen molar-refractivity contribution in [2.75, 3.05) is 6.61 Å². The summed E-state index contributed by atoms with van der Waals surface area (Å²) < 4.78 is 24.2. The van der Waals surface area contributed by atoms with Crippen molar-refractivity contribution in [3.05, 3.63) is 0 Å². The van der Waals surface area contributed by atoms with Gasteiger partial charge in [-0.05, 0) is 0 Å². The maximum Gasteiger partial charge on any atom is 0.483 e. The first kappa shape index (κ1) is 10.2. The van der Waals surface area contributed by atoms with Crippen molar-refractivity contribution >= 4 is 13.6 Å². The quantitative estimate of drug-likeness (QED) is 0.467. The van der Waals surface area contributed by atoms with Gasteiger partial charge in [-0.1, -0.05) is 0 Å². The van der Waals surface area contributed by atoms with Crippen molar-refractivity contribution in [3.63, 3.8) is 0 Å². The molecule has 8 nitrogen and oxygen atoms in total. The van der Waals surface area contributed by atoms with Crippen LogP contribution < -0.4 is 0 Å². The first-order valence-electron chi connectivity index (χ1n) is 3.64. The maximum absolute atomic E-state index is 11.2. The summed E-state index contributed by atoms with van der Waals surface area (Å²) in [6.45, 7) is -0.922. The van der Waals surface area contributed by atoms with Crippen molar-refractivity contribution in [2.24, 2.45) is 0 Å². The standard InChI is InChI=1S/C5H7O8P/c6-1-2(7)5(9)3(8)4-11-14(10,12-4)13-5/h2,4,6-7,9H,1H2. The van der Waals surface area contributed by atoms with E-state index < -0.39 is 38.4 Å². The SMILES string of the molecule is O=C1C2OP(=O)(O2)OC1(O)C(O)CO. The Morgan fingerprint density at radius 1 is 1.57 bits per heavy atom. The molecule has 3 saturated heterocycles. The molecule has 0 aliphatic carbocycles. The zero-order chi connectivity index (χ0) is 10.6. The molecule has 0 spiro atoms. The Morgan fingerprint density at radius 2 is 2.14 bits per heavy atom. The van der Waals surface area contributed by atoms with Gasteiger partial charge in [-0.25, -0.2) is 18.1 Å². The minimum Gasteiger partial charge on any atom is -0.393 e. The van der Waals surface area contributed by atoms with E-state index in [-0.39, 0.29) is 0 Å². The average Bonchev–Trinajstić information content (AvgIpc) is 2.08. The summed E-state index contributed by atoms with van der Waals surface area (Å²) in [7, 11) is -3.91. The Labute approximate surface area is 77.6 Å². The van der Waals surface area contributed by atoms with Gasteiger partial charge < -0.3 is 15.3 Å². The second-order valence-corrected chi connectivity index (χ2v) is 4.34. The van der Waals surface area contributed by atoms with E-state index in [1.807, 2.05) is 0 Å². The zero-order valence-electron chi connectivity index (χ0n) is 6.69. The van der Waals surface area contributed by atoms with Crippen LogP contribution in [0.15, 0.2) is 0 Å². The van der Waals surface area contributed by atoms with Gasteiger partial charge in [0, 0.05) is 0 Å². The summed E-state index contributed by atoms with van der Waals surface area (Å²) in [5.41, 5.74) is 0. The second-order valence-electron chi connectivity index (χ2n) is 2.84. The number of hydrogen-bond donors (Lipinski definition) is 3. The normalized spacial score (nSPS) is 48.5. The van der Waals surface area contributed by atoms with Crippen molar-refractivity contribution in [1.29, 1.82) is 0 Å². The van der Waals surface area contributed by atoms with E-state index in [2.05, 4.69) is 13.6 Å². The molecule has 2 atom stereocenters. The summed E-state index contributed by atoms with van der Waals surface area (Å²) in [5.74, 6) is -3.84. The third-order valence-corrected chi connectivity index (χ3v) is 3.29. The molecule has 3 heterocycles. The number of phosphoric ester groups is 1. The van der Waals surface area contributed by atoms with Crippen LogP contribution in [0.1, 0.15) is 0 Å². The van der Waals surface area contributed by atoms with E-state index in [4.69, 9.17) is 10.2 Å². The Balaban J connectivity index is 2.28. The fraction of sp³-hybridized carbons (Fsp3) is 0.800. The average molecular weight is 226 g/mol. The van der Waals surface area contributed by atoms with Crippen LogP contribution in [0.25, 0.3) is 0 Å². The fourth-order valence-corrected chi connectivity index (χ4v) is 2.43. The predicted molar refractivity (Wildman–Crippen MR) is 37.7 cm³/mol. The van der Waals surface area contributed by atoms with Crippen LogP contribution in [0.5, 0.6) is 0 Å². The van der Waals surface area contributed by atoms with Gasteiger partial charge in [0.25, 0.3) is 11.6 Å². The topological polar surface area (TPSA) is 123 Å². The first-order valence-corrected chi connectivity index (χ1v) is 5.10. The summed E-state index contributed by atoms with van der Waals surface area (Å²) in [5, 5.41) is 27.1. The van der Waals surface area contributed by atoms with Crippen LogP contribution in [0.4, 0.5) is 0 Å². The van der Waals surface area contributed by atoms with E-state index >= 15 is 0 Å². The number of carbonyl (C=O) groups excluding carboxylic acids is 1. The number of carbonyl (C=O) groups is 1. The summed E-state index contributed by atoms with van der Waals surface area (Å²) >= 11 is 0. The molecule has 0 amide bonds. The maximum atomic E-state index is 11.2. The molecule has 2 unspecified atom stereocenters. The van der Waals surface area contributed by atoms with Gasteiger partial charge in [-0.2, -0.15) is 0 Å². The molecule has 3 fully saturated rings. The summed E-state index contributed by atoms with van der Waals surface area (Å²) in [6.07, 6.45) is -3.39. The highest BCUT2D eigenvalue weighted by atomic mass is 31.2. The minimum absolute atomic E-state index is 0.922. The highest BCUT2D eigenvalue weighted by Crippen LogP contribution is 2.66. The molecular formula is C5H7O8P. The van der Waals surface area contributed by atoms with Gasteiger partial charge in [0.1, 0.15) is 6.10 Å². The van der Waals surface area contributed by atoms with Crippen LogP contribution in [0, 0.1) is 0 Å². The van der Waals surface area contributed by atoms with Crippen molar-refractivity contribution in [2.45, 2.75) is 18.2 Å². The molecule has 80 valence electrons. The van der Waals surface area contributed by atoms with Gasteiger partial charge in [0.05, 0.1) is 6.61 Å². The van der Waals surface area contributed by atoms with Gasteiger partial charge >= 0.3 is 7.82 Å². The number of rotatable bonds is 2. The smallest absolute Gasteiger partial charge is 0.393 e. The molecule has 0 saturated carbocycles. The fourth-order valence-electron chi connectivity index (χ4n) is 1.11. The molecule has 9 heteroatoms. The molecule has 0 radical (unpaired) electrons. The molecule has 3 aliphatic heterocycles. The number of aliphatic hydroxyl groups is 3. The molecule has 0 aromatic rings. The number of phosphoric acid groups is 1. The van der Waals surface area contributed by atoms with Crippen LogP contribution in [-0.2, 0) is 22.9 Å². The minimum atomic E-state index is -3.91. The molecule has 0 aromatic carbocycles. The highest BCUT2D eigenvalue weighted by molar-refractivity contribution is 7.50. The Hall–Kier alpha value is -0.340. The lowest BCUT2D eigenvalue weighted by molar-refractivity contribution is -0.279. The molecule has 2 bridgehead atoms. The van der Waals surface area contributed by atoms with Crippen molar-refractivity contribution < 1.29 is 38.3 Å². The Kier molecular flexibility index (Phi) is 2.06. The van der Waals surface area contributed by atoms with Crippen LogP contribution in [0.3, 0.4) is 0 Å². The number of Topliss-reactive ketones (excluding diaryl/α,β-unsaturated/α-hetero) is 1. The number of ketones is 1. The molecule has 3 rings (SSSR count). The van der Waals surface area contributed by atoms with Gasteiger partial charge in [0.2, 0.25) is 6.29 Å². The number of aliphatic hydroxyl groups excluding tert-OH is 2. The van der Waals surface area contributed by atoms with E-state index in [0.29, 0.717) is 0 Å². The molecule has 3 aliphatic rings. The van der Waals surface area contributed by atoms with Crippen LogP contribution in [0.2, 0.25) is 0 Å². The van der Waals surface area contributed by atoms with Gasteiger partial charge in [-0.3, -0.25) is 4.79 Å². The van der Waals surface area contributed by atoms with Crippen LogP contribution >= 0.6 is 7.82 Å². The third-order valence-electron chi connectivity index (χ3n) is 1.89. The molecule has 3 N–H and O–H groups in total. The van der Waals surface area contributed by atoms with E-state index in [0.717, 1.165) is 0 Å². The predicted octanol–water partition coefficient (Wildman–Crippen LogP) is -1.89. The van der Waals surface area contributed by atoms with E-state index in [1.54, 1.807) is 0 Å². The lowest BCUT2D eigenvalue weighted by Gasteiger charge is -2.45. The van der Waals surface area contributed by atoms with E-state index in [1.165, 1.54) is 0 Å². The third kappa shape index (κ3) is 1.17. The lowest BCUT2D eigenvalue weighted by Crippen LogP contribution is -2.63. The highest BCUT2D eigenvalue weighted by Gasteiger charge is 2.67.